The number of rotatable bonds is 16. The molecular formula is C66H67F2N12O11+. The van der Waals surface area contributed by atoms with Gasteiger partial charge in [0.05, 0.1) is 70.6 Å². The SMILES string of the molecule is CCOC(=O)c1cccc(-n2nc(C(C)(C)C)cc2NC(=O)Nc2ccc(Oc3ccnc(C(=O)NC)c3)cc2F)c1.CCOC(=O)c1cccc(-n2nc(C(C)(C)C)cc2NC(=O)OC2=CC=C[C+]=C2)c1.CNC(=O)c1cc(Oc2ccc(N)c(F)c2)ccn1. The molecule has 1 aliphatic rings. The van der Waals surface area contributed by atoms with Crippen molar-refractivity contribution >= 4 is 58.9 Å². The monoisotopic (exact) mass is 1240 g/mol. The van der Waals surface area contributed by atoms with Crippen LogP contribution in [0.25, 0.3) is 11.4 Å². The van der Waals surface area contributed by atoms with Crippen LogP contribution in [0.3, 0.4) is 0 Å². The molecule has 0 spiro atoms. The second-order valence-electron chi connectivity index (χ2n) is 21.5. The van der Waals surface area contributed by atoms with E-state index in [1.165, 1.54) is 73.6 Å². The molecule has 23 nitrogen and oxygen atoms in total. The van der Waals surface area contributed by atoms with E-state index in [0.29, 0.717) is 57.1 Å². The maximum absolute atomic E-state index is 14.9. The molecule has 5 amide bonds. The molecule has 0 unspecified atom stereocenters. The molecule has 0 radical (unpaired) electrons. The summed E-state index contributed by atoms with van der Waals surface area (Å²) in [6, 6.07) is 30.4. The van der Waals surface area contributed by atoms with Crippen molar-refractivity contribution in [2.45, 2.75) is 66.2 Å². The summed E-state index contributed by atoms with van der Waals surface area (Å²) in [4.78, 5) is 80.9. The molecule has 7 N–H and O–H groups in total. The van der Waals surface area contributed by atoms with Crippen LogP contribution in [0.15, 0.2) is 164 Å². The van der Waals surface area contributed by atoms with Crippen LogP contribution in [0.1, 0.15) is 108 Å². The molecule has 1 aliphatic carbocycles. The molecule has 0 atom stereocenters. The average Bonchev–Trinajstić information content (AvgIpc) is 1.82. The predicted octanol–water partition coefficient (Wildman–Crippen LogP) is 12.3. The highest BCUT2D eigenvalue weighted by molar-refractivity contribution is 6.00. The Kier molecular flexibility index (Phi) is 22.3. The van der Waals surface area contributed by atoms with E-state index in [1.54, 1.807) is 116 Å². The molecule has 0 saturated carbocycles. The number of halogens is 2. The van der Waals surface area contributed by atoms with Gasteiger partial charge >= 0.3 is 24.1 Å². The number of anilines is 4. The fourth-order valence-corrected chi connectivity index (χ4v) is 7.93. The van der Waals surface area contributed by atoms with E-state index in [1.807, 2.05) is 41.5 Å². The number of nitrogen functional groups attached to an aromatic ring is 1. The van der Waals surface area contributed by atoms with Crippen molar-refractivity contribution in [3.63, 3.8) is 0 Å². The molecule has 4 heterocycles. The standard InChI is InChI=1S/C30H31FN6O5.C23H23N3O4.C13H12FN3O2/c1-6-41-28(39)18-8-7-9-19(14-18)37-26(17-25(36-37)30(2,3)4)35-29(40)34-23-11-10-20(15-22(23)31)42-21-12-13-33-24(16-21)27(38)32-5;1-5-29-21(27)16-10-9-11-17(14-16)26-20(15-19(25-26)23(2,3)4)24-22(28)30-18-12-7-6-8-13-18;1-16-13(18)12-7-9(4-5-17-12)19-8-2-3-11(15)10(14)6-8/h7-17H,6H2,1-5H3,(H,32,38)(H2,34,35,40);6-7,9-15H,5H2,1-4H3;2-7H,15H2,1H3,(H,16,18)/p+1. The highest BCUT2D eigenvalue weighted by Gasteiger charge is 2.25. The number of ether oxygens (including phenoxy) is 5. The molecule has 25 heteroatoms. The van der Waals surface area contributed by atoms with Crippen LogP contribution in [0.2, 0.25) is 0 Å². The van der Waals surface area contributed by atoms with E-state index >= 15 is 0 Å². The van der Waals surface area contributed by atoms with E-state index in [2.05, 4.69) is 52.8 Å². The molecule has 0 aliphatic heterocycles. The summed E-state index contributed by atoms with van der Waals surface area (Å²) in [6.07, 6.45) is 11.7. The van der Waals surface area contributed by atoms with Crippen LogP contribution < -0.4 is 41.8 Å². The summed E-state index contributed by atoms with van der Waals surface area (Å²) in [6.45, 7) is 16.0. The fraction of sp³-hybridized carbons (Fsp3) is 0.212. The van der Waals surface area contributed by atoms with E-state index < -0.39 is 35.7 Å². The Bertz CT molecular complexity index is 4070. The van der Waals surface area contributed by atoms with Gasteiger partial charge < -0.3 is 45.4 Å². The van der Waals surface area contributed by atoms with Gasteiger partial charge in [0.2, 0.25) is 5.76 Å². The van der Waals surface area contributed by atoms with Gasteiger partial charge in [0.25, 0.3) is 11.8 Å². The van der Waals surface area contributed by atoms with Crippen molar-refractivity contribution in [2.75, 3.05) is 49.0 Å². The van der Waals surface area contributed by atoms with E-state index in [9.17, 15) is 37.5 Å². The minimum atomic E-state index is -0.741. The number of carbonyl (C=O) groups is 6. The molecule has 91 heavy (non-hydrogen) atoms. The normalized spacial score (nSPS) is 11.4. The van der Waals surface area contributed by atoms with Gasteiger partial charge in [0.15, 0.2) is 0 Å². The van der Waals surface area contributed by atoms with Gasteiger partial charge in [-0.3, -0.25) is 30.2 Å². The molecule has 0 saturated heterocycles. The first-order chi connectivity index (χ1) is 43.3. The predicted molar refractivity (Wildman–Crippen MR) is 337 cm³/mol. The number of pyridine rings is 2. The quantitative estimate of drug-likeness (QED) is 0.0227. The molecule has 0 bridgehead atoms. The lowest BCUT2D eigenvalue weighted by molar-refractivity contribution is 0.0516. The Labute approximate surface area is 523 Å². The molecule has 4 aromatic heterocycles. The third kappa shape index (κ3) is 18.7. The van der Waals surface area contributed by atoms with Crippen molar-refractivity contribution < 1.29 is 61.2 Å². The summed E-state index contributed by atoms with van der Waals surface area (Å²) in [7, 11) is 2.99. The maximum Gasteiger partial charge on any atom is 0.431 e. The van der Waals surface area contributed by atoms with Crippen LogP contribution >= 0.6 is 0 Å². The zero-order chi connectivity index (χ0) is 66.0. The first kappa shape index (κ1) is 66.9. The Morgan fingerprint density at radius 3 is 1.52 bits per heavy atom. The van der Waals surface area contributed by atoms with Gasteiger partial charge in [-0.05, 0) is 86.6 Å². The van der Waals surface area contributed by atoms with Crippen LogP contribution in [0, 0.1) is 17.7 Å². The van der Waals surface area contributed by atoms with E-state index in [4.69, 9.17) is 29.4 Å². The van der Waals surface area contributed by atoms with E-state index in [-0.39, 0.29) is 70.1 Å². The lowest BCUT2D eigenvalue weighted by Gasteiger charge is -2.14. The fourth-order valence-electron chi connectivity index (χ4n) is 7.93. The Hall–Kier alpha value is -11.6. The number of allylic oxidation sites excluding steroid dienone is 5. The molecule has 0 fully saturated rings. The molecule has 9 rings (SSSR count). The summed E-state index contributed by atoms with van der Waals surface area (Å²) in [5, 5.41) is 22.2. The Balaban J connectivity index is 0.000000209. The third-order valence-electron chi connectivity index (χ3n) is 12.5. The van der Waals surface area contributed by atoms with Crippen molar-refractivity contribution in [3.8, 4) is 34.4 Å². The number of nitrogens with one attached hydrogen (secondary N) is 5. The second kappa shape index (κ2) is 30.4. The number of aromatic nitrogens is 6. The lowest BCUT2D eigenvalue weighted by atomic mass is 9.92. The summed E-state index contributed by atoms with van der Waals surface area (Å²) < 4.78 is 57.8. The number of urea groups is 1. The van der Waals surface area contributed by atoms with E-state index in [0.717, 1.165) is 11.8 Å². The minimum absolute atomic E-state index is 0.0492. The summed E-state index contributed by atoms with van der Waals surface area (Å²) in [5.41, 5.74) is 8.41. The molecule has 8 aromatic rings. The number of benzene rings is 4. The summed E-state index contributed by atoms with van der Waals surface area (Å²) >= 11 is 0. The highest BCUT2D eigenvalue weighted by Crippen LogP contribution is 2.31. The zero-order valence-electron chi connectivity index (χ0n) is 51.4. The number of esters is 2. The molecule has 4 aromatic carbocycles. The largest absolute Gasteiger partial charge is 0.462 e. The maximum atomic E-state index is 14.9. The topological polar surface area (TPSA) is 296 Å². The van der Waals surface area contributed by atoms with Crippen LogP contribution in [-0.2, 0) is 25.0 Å². The van der Waals surface area contributed by atoms with Gasteiger partial charge in [-0.2, -0.15) is 10.2 Å². The number of nitrogens with zero attached hydrogens (tertiary/aromatic N) is 6. The smallest absolute Gasteiger partial charge is 0.431 e. The van der Waals surface area contributed by atoms with Crippen molar-refractivity contribution in [2.24, 2.45) is 0 Å². The average molecular weight is 1240 g/mol. The summed E-state index contributed by atoms with van der Waals surface area (Å²) in [5.74, 6) is -0.682. The van der Waals surface area contributed by atoms with Gasteiger partial charge in [-0.15, -0.1) is 0 Å². The highest BCUT2D eigenvalue weighted by atomic mass is 19.1. The van der Waals surface area contributed by atoms with Crippen molar-refractivity contribution in [1.82, 2.24) is 40.2 Å². The molecule has 470 valence electrons. The van der Waals surface area contributed by atoms with Crippen molar-refractivity contribution in [3.05, 3.63) is 215 Å². The van der Waals surface area contributed by atoms with Gasteiger partial charge in [-0.25, -0.2) is 37.3 Å². The molecular weight excluding hydrogens is 1170 g/mol. The van der Waals surface area contributed by atoms with Crippen LogP contribution in [0.5, 0.6) is 23.0 Å². The number of hydrogen-bond acceptors (Lipinski definition) is 16. The van der Waals surface area contributed by atoms with Gasteiger partial charge in [-0.1, -0.05) is 53.7 Å². The lowest BCUT2D eigenvalue weighted by Crippen LogP contribution is -2.22. The Morgan fingerprint density at radius 1 is 0.582 bits per heavy atom. The first-order valence-electron chi connectivity index (χ1n) is 28.2. The van der Waals surface area contributed by atoms with Gasteiger partial charge in [0.1, 0.15) is 69.8 Å². The zero-order valence-corrected chi connectivity index (χ0v) is 51.4. The van der Waals surface area contributed by atoms with Gasteiger partial charge in [0, 0.05) is 79.8 Å². The number of nitrogens with two attached hydrogens (primary N) is 1. The number of amides is 5. The number of hydrogen-bond donors (Lipinski definition) is 6. The minimum Gasteiger partial charge on any atom is -0.462 e. The first-order valence-corrected chi connectivity index (χ1v) is 28.2. The van der Waals surface area contributed by atoms with Crippen LogP contribution in [0.4, 0.5) is 41.4 Å². The van der Waals surface area contributed by atoms with Crippen molar-refractivity contribution in [1.29, 1.82) is 0 Å². The second-order valence-corrected chi connectivity index (χ2v) is 21.5. The third-order valence-corrected chi connectivity index (χ3v) is 12.5. The Morgan fingerprint density at radius 2 is 1.07 bits per heavy atom. The van der Waals surface area contributed by atoms with Crippen LogP contribution in [-0.4, -0.2) is 92.7 Å². The number of carbonyl (C=O) groups excluding carboxylic acids is 6.